The summed E-state index contributed by atoms with van der Waals surface area (Å²) in [7, 11) is 0. The Kier molecular flexibility index (Phi) is 5.09. The number of nitrogens with one attached hydrogen (secondary N) is 1. The Balaban J connectivity index is 1.81. The minimum absolute atomic E-state index is 0.0210. The SMILES string of the molecule is CCOC(=O)CNC(=O)c1c(O)c(-c2cc3ccccc3s2)cc2nccnc12. The Morgan fingerprint density at radius 2 is 1.97 bits per heavy atom. The maximum atomic E-state index is 12.8. The van der Waals surface area contributed by atoms with Gasteiger partial charge in [-0.3, -0.25) is 19.6 Å². The van der Waals surface area contributed by atoms with Gasteiger partial charge in [0.15, 0.2) is 0 Å². The Bertz CT molecular complexity index is 1200. The van der Waals surface area contributed by atoms with Crippen molar-refractivity contribution in [1.29, 1.82) is 0 Å². The van der Waals surface area contributed by atoms with E-state index in [0.717, 1.165) is 15.0 Å². The summed E-state index contributed by atoms with van der Waals surface area (Å²) in [5, 5.41) is 14.5. The van der Waals surface area contributed by atoms with Crippen LogP contribution in [0.15, 0.2) is 48.8 Å². The molecule has 4 rings (SSSR count). The molecule has 2 aromatic heterocycles. The molecule has 2 N–H and O–H groups in total. The first-order valence-corrected chi connectivity index (χ1v) is 9.79. The zero-order valence-corrected chi connectivity index (χ0v) is 16.3. The number of rotatable bonds is 5. The van der Waals surface area contributed by atoms with Gasteiger partial charge in [-0.25, -0.2) is 0 Å². The molecule has 7 nitrogen and oxygen atoms in total. The van der Waals surface area contributed by atoms with Gasteiger partial charge in [0.1, 0.15) is 23.4 Å². The molecule has 0 aliphatic rings. The van der Waals surface area contributed by atoms with Crippen LogP contribution in [0.1, 0.15) is 17.3 Å². The van der Waals surface area contributed by atoms with Crippen LogP contribution in [0, 0.1) is 0 Å². The van der Waals surface area contributed by atoms with E-state index in [2.05, 4.69) is 15.3 Å². The van der Waals surface area contributed by atoms with E-state index in [4.69, 9.17) is 4.74 Å². The molecule has 4 aromatic rings. The van der Waals surface area contributed by atoms with Crippen LogP contribution in [0.5, 0.6) is 5.75 Å². The van der Waals surface area contributed by atoms with Crippen molar-refractivity contribution in [3.8, 4) is 16.2 Å². The molecule has 0 radical (unpaired) electrons. The van der Waals surface area contributed by atoms with Gasteiger partial charge in [-0.1, -0.05) is 18.2 Å². The van der Waals surface area contributed by atoms with Crippen LogP contribution in [-0.2, 0) is 9.53 Å². The molecule has 0 spiro atoms. The van der Waals surface area contributed by atoms with E-state index < -0.39 is 11.9 Å². The summed E-state index contributed by atoms with van der Waals surface area (Å²) in [5.41, 5.74) is 1.20. The fraction of sp³-hybridized carbons (Fsp3) is 0.143. The third-order valence-electron chi connectivity index (χ3n) is 4.35. The molecule has 0 saturated carbocycles. The average Bonchev–Trinajstić information content (AvgIpc) is 3.16. The predicted molar refractivity (Wildman–Crippen MR) is 111 cm³/mol. The van der Waals surface area contributed by atoms with Gasteiger partial charge in [0.25, 0.3) is 5.91 Å². The number of nitrogens with zero attached hydrogens (tertiary/aromatic N) is 2. The molecule has 0 saturated heterocycles. The average molecular weight is 407 g/mol. The Labute approximate surface area is 170 Å². The number of amides is 1. The summed E-state index contributed by atoms with van der Waals surface area (Å²) < 4.78 is 5.89. The van der Waals surface area contributed by atoms with E-state index in [9.17, 15) is 14.7 Å². The van der Waals surface area contributed by atoms with Crippen molar-refractivity contribution >= 4 is 44.3 Å². The fourth-order valence-electron chi connectivity index (χ4n) is 3.07. The van der Waals surface area contributed by atoms with Crippen LogP contribution in [-0.4, -0.2) is 40.1 Å². The van der Waals surface area contributed by atoms with E-state index in [-0.39, 0.29) is 30.0 Å². The minimum atomic E-state index is -0.621. The lowest BCUT2D eigenvalue weighted by Crippen LogP contribution is -2.31. The number of thiophene rings is 1. The number of carbonyl (C=O) groups excluding carboxylic acids is 2. The van der Waals surface area contributed by atoms with Gasteiger partial charge in [0.2, 0.25) is 0 Å². The van der Waals surface area contributed by atoms with E-state index in [1.807, 2.05) is 30.3 Å². The first-order chi connectivity index (χ1) is 14.1. The number of esters is 1. The molecule has 29 heavy (non-hydrogen) atoms. The highest BCUT2D eigenvalue weighted by atomic mass is 32.1. The first-order valence-electron chi connectivity index (χ1n) is 8.98. The van der Waals surface area contributed by atoms with E-state index >= 15 is 0 Å². The van der Waals surface area contributed by atoms with Crippen molar-refractivity contribution < 1.29 is 19.4 Å². The highest BCUT2D eigenvalue weighted by Crippen LogP contribution is 2.41. The van der Waals surface area contributed by atoms with Gasteiger partial charge in [-0.05, 0) is 30.5 Å². The number of hydrogen-bond acceptors (Lipinski definition) is 7. The van der Waals surface area contributed by atoms with Crippen LogP contribution in [0.3, 0.4) is 0 Å². The number of hydrogen-bond donors (Lipinski definition) is 2. The molecule has 0 aliphatic heterocycles. The molecule has 0 aliphatic carbocycles. The van der Waals surface area contributed by atoms with Gasteiger partial charge >= 0.3 is 5.97 Å². The maximum absolute atomic E-state index is 12.8. The number of aromatic hydroxyl groups is 1. The van der Waals surface area contributed by atoms with Crippen molar-refractivity contribution in [1.82, 2.24) is 15.3 Å². The van der Waals surface area contributed by atoms with E-state index in [0.29, 0.717) is 11.1 Å². The smallest absolute Gasteiger partial charge is 0.325 e. The summed E-state index contributed by atoms with van der Waals surface area (Å²) in [6, 6.07) is 11.5. The lowest BCUT2D eigenvalue weighted by atomic mass is 10.0. The Morgan fingerprint density at radius 1 is 1.17 bits per heavy atom. The number of phenolic OH excluding ortho intramolecular Hbond substituents is 1. The predicted octanol–water partition coefficient (Wildman–Crippen LogP) is 3.51. The van der Waals surface area contributed by atoms with E-state index in [1.54, 1.807) is 13.0 Å². The third-order valence-corrected chi connectivity index (χ3v) is 5.50. The third kappa shape index (κ3) is 3.62. The number of benzene rings is 2. The second-order valence-electron chi connectivity index (χ2n) is 6.21. The molecule has 0 fully saturated rings. The quantitative estimate of drug-likeness (QED) is 0.491. The second-order valence-corrected chi connectivity index (χ2v) is 7.29. The van der Waals surface area contributed by atoms with Crippen LogP contribution in [0.2, 0.25) is 0 Å². The van der Waals surface area contributed by atoms with Crippen molar-refractivity contribution in [2.75, 3.05) is 13.2 Å². The number of ether oxygens (including phenoxy) is 1. The molecule has 1 amide bonds. The topological polar surface area (TPSA) is 101 Å². The zero-order chi connectivity index (χ0) is 20.4. The molecule has 0 bridgehead atoms. The largest absolute Gasteiger partial charge is 0.506 e. The molecular weight excluding hydrogens is 390 g/mol. The van der Waals surface area contributed by atoms with Crippen LogP contribution in [0.4, 0.5) is 0 Å². The molecule has 2 heterocycles. The van der Waals surface area contributed by atoms with Crippen molar-refractivity contribution in [3.63, 3.8) is 0 Å². The lowest BCUT2D eigenvalue weighted by Gasteiger charge is -2.12. The van der Waals surface area contributed by atoms with Crippen LogP contribution >= 0.6 is 11.3 Å². The molecule has 2 aromatic carbocycles. The number of fused-ring (bicyclic) bond motifs is 2. The summed E-state index contributed by atoms with van der Waals surface area (Å²) in [4.78, 5) is 33.7. The second kappa shape index (κ2) is 7.84. The summed E-state index contributed by atoms with van der Waals surface area (Å²) >= 11 is 1.50. The highest BCUT2D eigenvalue weighted by Gasteiger charge is 2.23. The Hall–Kier alpha value is -3.52. The van der Waals surface area contributed by atoms with Crippen molar-refractivity contribution in [2.24, 2.45) is 0 Å². The normalized spacial score (nSPS) is 10.9. The number of aromatic nitrogens is 2. The highest BCUT2D eigenvalue weighted by molar-refractivity contribution is 7.22. The monoisotopic (exact) mass is 407 g/mol. The summed E-state index contributed by atoms with van der Waals surface area (Å²) in [5.74, 6) is -1.38. The maximum Gasteiger partial charge on any atom is 0.325 e. The standard InChI is InChI=1S/C21H17N3O4S/c1-2-28-17(25)11-24-21(27)18-19-14(22-7-8-23-19)10-13(20(18)26)16-9-12-5-3-4-6-15(12)29-16/h3-10,26H,2,11H2,1H3,(H,24,27). The molecule has 0 atom stereocenters. The fourth-order valence-corrected chi connectivity index (χ4v) is 4.15. The van der Waals surface area contributed by atoms with Gasteiger partial charge in [-0.2, -0.15) is 0 Å². The Morgan fingerprint density at radius 3 is 2.76 bits per heavy atom. The van der Waals surface area contributed by atoms with Gasteiger partial charge in [0, 0.05) is 27.5 Å². The number of carbonyl (C=O) groups is 2. The summed E-state index contributed by atoms with van der Waals surface area (Å²) in [6.45, 7) is 1.60. The van der Waals surface area contributed by atoms with Gasteiger partial charge in [-0.15, -0.1) is 11.3 Å². The van der Waals surface area contributed by atoms with Crippen LogP contribution in [0.25, 0.3) is 31.6 Å². The molecular formula is C21H17N3O4S. The summed E-state index contributed by atoms with van der Waals surface area (Å²) in [6.07, 6.45) is 2.97. The van der Waals surface area contributed by atoms with Gasteiger partial charge < -0.3 is 15.2 Å². The molecule has 8 heteroatoms. The molecule has 0 unspecified atom stereocenters. The lowest BCUT2D eigenvalue weighted by molar-refractivity contribution is -0.141. The minimum Gasteiger partial charge on any atom is -0.506 e. The molecule has 146 valence electrons. The zero-order valence-electron chi connectivity index (χ0n) is 15.5. The van der Waals surface area contributed by atoms with Crippen molar-refractivity contribution in [2.45, 2.75) is 6.92 Å². The first kappa shape index (κ1) is 18.8. The van der Waals surface area contributed by atoms with Crippen molar-refractivity contribution in [3.05, 3.63) is 54.4 Å². The van der Waals surface area contributed by atoms with Crippen LogP contribution < -0.4 is 5.32 Å². The number of phenols is 1. The van der Waals surface area contributed by atoms with E-state index in [1.165, 1.54) is 23.7 Å². The van der Waals surface area contributed by atoms with Gasteiger partial charge in [0.05, 0.1) is 12.1 Å².